The minimum atomic E-state index is -0.337. The molecule has 0 unspecified atom stereocenters. The van der Waals surface area contributed by atoms with Crippen LogP contribution in [0.4, 0.5) is 10.8 Å². The molecule has 0 aliphatic rings. The maximum Gasteiger partial charge on any atom is 0.293 e. The molecule has 0 saturated carbocycles. The van der Waals surface area contributed by atoms with Crippen molar-refractivity contribution in [3.8, 4) is 11.3 Å². The quantitative estimate of drug-likeness (QED) is 0.736. The van der Waals surface area contributed by atoms with Gasteiger partial charge in [-0.15, -0.1) is 11.3 Å². The molecule has 0 fully saturated rings. The number of benzene rings is 1. The van der Waals surface area contributed by atoms with Crippen LogP contribution >= 0.6 is 11.3 Å². The minimum absolute atomic E-state index is 0.238. The highest BCUT2D eigenvalue weighted by Crippen LogP contribution is 2.27. The highest BCUT2D eigenvalue weighted by atomic mass is 32.1. The second-order valence-electron chi connectivity index (χ2n) is 4.13. The lowest BCUT2D eigenvalue weighted by atomic mass is 10.1. The van der Waals surface area contributed by atoms with Crippen LogP contribution in [-0.2, 0) is 0 Å². The van der Waals surface area contributed by atoms with E-state index in [0.29, 0.717) is 10.8 Å². The highest BCUT2D eigenvalue weighted by Gasteiger charge is 2.12. The van der Waals surface area contributed by atoms with E-state index >= 15 is 0 Å². The Morgan fingerprint density at radius 1 is 1.33 bits per heavy atom. The topological polar surface area (TPSA) is 59.5 Å². The summed E-state index contributed by atoms with van der Waals surface area (Å²) in [6.07, 6.45) is 1.44. The number of amides is 1. The summed E-state index contributed by atoms with van der Waals surface area (Å²) < 4.78 is 5.02. The summed E-state index contributed by atoms with van der Waals surface area (Å²) in [7, 11) is 0. The van der Waals surface area contributed by atoms with E-state index < -0.39 is 0 Å². The number of nitrogens with zero attached hydrogens (tertiary/aromatic N) is 2. The van der Waals surface area contributed by atoms with E-state index in [9.17, 15) is 4.79 Å². The molecule has 0 atom stereocenters. The zero-order valence-corrected chi connectivity index (χ0v) is 11.6. The smallest absolute Gasteiger partial charge is 0.293 e. The average Bonchev–Trinajstić information content (AvgIpc) is 3.18. The van der Waals surface area contributed by atoms with Crippen LogP contribution in [0.25, 0.3) is 16.1 Å². The molecule has 3 rings (SSSR count). The van der Waals surface area contributed by atoms with Crippen molar-refractivity contribution in [2.75, 3.05) is 5.32 Å². The molecule has 5 nitrogen and oxygen atoms in total. The molecule has 0 aliphatic heterocycles. The van der Waals surface area contributed by atoms with Gasteiger partial charge in [-0.1, -0.05) is 18.2 Å². The molecule has 3 aromatic rings. The van der Waals surface area contributed by atoms with Gasteiger partial charge in [0.15, 0.2) is 16.6 Å². The summed E-state index contributed by atoms with van der Waals surface area (Å²) >= 11 is 1.32. The van der Waals surface area contributed by atoms with Gasteiger partial charge in [0.2, 0.25) is 0 Å². The van der Waals surface area contributed by atoms with Crippen LogP contribution in [0, 0.1) is 6.57 Å². The fourth-order valence-electron chi connectivity index (χ4n) is 1.76. The third-order valence-corrected chi connectivity index (χ3v) is 3.50. The summed E-state index contributed by atoms with van der Waals surface area (Å²) in [4.78, 5) is 19.6. The molecular formula is C15H9N3O2S. The highest BCUT2D eigenvalue weighted by molar-refractivity contribution is 7.14. The van der Waals surface area contributed by atoms with Gasteiger partial charge >= 0.3 is 0 Å². The van der Waals surface area contributed by atoms with E-state index in [1.54, 1.807) is 24.3 Å². The monoisotopic (exact) mass is 295 g/mol. The van der Waals surface area contributed by atoms with E-state index in [1.165, 1.54) is 17.6 Å². The molecule has 0 radical (unpaired) electrons. The Kier molecular flexibility index (Phi) is 3.50. The van der Waals surface area contributed by atoms with Gasteiger partial charge in [0.1, 0.15) is 0 Å². The van der Waals surface area contributed by atoms with Crippen LogP contribution in [0.1, 0.15) is 10.6 Å². The molecule has 0 aliphatic carbocycles. The Morgan fingerprint density at radius 3 is 3.00 bits per heavy atom. The Labute approximate surface area is 124 Å². The maximum atomic E-state index is 11.8. The first kappa shape index (κ1) is 13.1. The molecular weight excluding hydrogens is 286 g/mol. The molecule has 21 heavy (non-hydrogen) atoms. The largest absolute Gasteiger partial charge is 0.459 e. The van der Waals surface area contributed by atoms with Crippen LogP contribution in [0.3, 0.4) is 0 Å². The van der Waals surface area contributed by atoms with Crippen molar-refractivity contribution in [1.82, 2.24) is 4.98 Å². The number of nitrogens with one attached hydrogen (secondary N) is 1. The number of hydrogen-bond donors (Lipinski definition) is 1. The van der Waals surface area contributed by atoms with E-state index in [2.05, 4.69) is 15.1 Å². The standard InChI is InChI=1S/C15H9N3O2S/c1-16-11-5-2-4-10(8-11)12-9-21-15(17-12)18-14(19)13-6-3-7-20-13/h2-9H,(H,17,18,19). The Morgan fingerprint density at radius 2 is 2.24 bits per heavy atom. The van der Waals surface area contributed by atoms with E-state index in [4.69, 9.17) is 11.0 Å². The Balaban J connectivity index is 1.80. The van der Waals surface area contributed by atoms with Crippen molar-refractivity contribution in [3.63, 3.8) is 0 Å². The zero-order valence-electron chi connectivity index (χ0n) is 10.7. The zero-order chi connectivity index (χ0) is 14.7. The third-order valence-electron chi connectivity index (χ3n) is 2.74. The van der Waals surface area contributed by atoms with Gasteiger partial charge in [-0.2, -0.15) is 0 Å². The minimum Gasteiger partial charge on any atom is -0.459 e. The molecule has 1 N–H and O–H groups in total. The van der Waals surface area contributed by atoms with Gasteiger partial charge in [-0.05, 0) is 23.8 Å². The van der Waals surface area contributed by atoms with Crippen LogP contribution in [0.2, 0.25) is 0 Å². The number of anilines is 1. The van der Waals surface area contributed by atoms with Gasteiger partial charge < -0.3 is 4.42 Å². The third kappa shape index (κ3) is 2.83. The SMILES string of the molecule is [C-]#[N+]c1cccc(-c2csc(NC(=O)c3ccco3)n2)c1. The second-order valence-corrected chi connectivity index (χ2v) is 4.99. The van der Waals surface area contributed by atoms with Crippen molar-refractivity contribution in [3.05, 3.63) is 65.2 Å². The van der Waals surface area contributed by atoms with E-state index in [1.807, 2.05) is 17.5 Å². The Hall–Kier alpha value is -2.91. The lowest BCUT2D eigenvalue weighted by molar-refractivity contribution is 0.0996. The fraction of sp³-hybridized carbons (Fsp3) is 0. The first-order valence-electron chi connectivity index (χ1n) is 6.04. The van der Waals surface area contributed by atoms with Crippen LogP contribution in [-0.4, -0.2) is 10.9 Å². The van der Waals surface area contributed by atoms with Crippen molar-refractivity contribution in [2.24, 2.45) is 0 Å². The molecule has 0 saturated heterocycles. The summed E-state index contributed by atoms with van der Waals surface area (Å²) in [5, 5.41) is 5.00. The number of hydrogen-bond acceptors (Lipinski definition) is 4. The molecule has 1 amide bonds. The van der Waals surface area contributed by atoms with Crippen molar-refractivity contribution in [1.29, 1.82) is 0 Å². The summed E-state index contributed by atoms with van der Waals surface area (Å²) in [6.45, 7) is 7.02. The number of thiazole rings is 1. The van der Waals surface area contributed by atoms with Crippen LogP contribution < -0.4 is 5.32 Å². The number of aromatic nitrogens is 1. The Bertz CT molecular complexity index is 816. The normalized spacial score (nSPS) is 10.0. The molecule has 102 valence electrons. The number of carbonyl (C=O) groups is 1. The number of rotatable bonds is 3. The molecule has 2 heterocycles. The first-order valence-corrected chi connectivity index (χ1v) is 6.92. The van der Waals surface area contributed by atoms with E-state index in [0.717, 1.165) is 11.3 Å². The fourth-order valence-corrected chi connectivity index (χ4v) is 2.48. The van der Waals surface area contributed by atoms with Crippen molar-refractivity contribution >= 4 is 28.1 Å². The summed E-state index contributed by atoms with van der Waals surface area (Å²) in [5.74, 6) is -0.0995. The summed E-state index contributed by atoms with van der Waals surface area (Å²) in [5.41, 5.74) is 2.13. The molecule has 0 spiro atoms. The molecule has 1 aromatic carbocycles. The van der Waals surface area contributed by atoms with Gasteiger partial charge in [-0.3, -0.25) is 10.1 Å². The molecule has 6 heteroatoms. The number of carbonyl (C=O) groups excluding carboxylic acids is 1. The second kappa shape index (κ2) is 5.61. The maximum absolute atomic E-state index is 11.8. The summed E-state index contributed by atoms with van der Waals surface area (Å²) in [6, 6.07) is 10.4. The molecule has 0 bridgehead atoms. The van der Waals surface area contributed by atoms with E-state index in [-0.39, 0.29) is 11.7 Å². The molecule has 2 aromatic heterocycles. The van der Waals surface area contributed by atoms with Gasteiger partial charge in [0.05, 0.1) is 18.5 Å². The van der Waals surface area contributed by atoms with Gasteiger partial charge in [0.25, 0.3) is 5.91 Å². The van der Waals surface area contributed by atoms with Crippen LogP contribution in [0.15, 0.2) is 52.5 Å². The van der Waals surface area contributed by atoms with Gasteiger partial charge in [-0.25, -0.2) is 9.83 Å². The number of furan rings is 1. The lowest BCUT2D eigenvalue weighted by Gasteiger charge is -1.98. The van der Waals surface area contributed by atoms with Crippen molar-refractivity contribution in [2.45, 2.75) is 0 Å². The predicted octanol–water partition coefficient (Wildman–Crippen LogP) is 4.21. The first-order chi connectivity index (χ1) is 10.3. The van der Waals surface area contributed by atoms with Crippen LogP contribution in [0.5, 0.6) is 0 Å². The lowest BCUT2D eigenvalue weighted by Crippen LogP contribution is -2.10. The van der Waals surface area contributed by atoms with Gasteiger partial charge in [0, 0.05) is 5.38 Å². The average molecular weight is 295 g/mol. The predicted molar refractivity (Wildman–Crippen MR) is 80.5 cm³/mol. The van der Waals surface area contributed by atoms with Crippen molar-refractivity contribution < 1.29 is 9.21 Å².